The van der Waals surface area contributed by atoms with Crippen LogP contribution in [0.1, 0.15) is 17.4 Å². The average Bonchev–Trinajstić information content (AvgIpc) is 2.82. The number of carbonyl (C=O) groups is 1. The van der Waals surface area contributed by atoms with Crippen LogP contribution in [-0.2, 0) is 0 Å². The van der Waals surface area contributed by atoms with Crippen LogP contribution in [0.3, 0.4) is 0 Å². The summed E-state index contributed by atoms with van der Waals surface area (Å²) < 4.78 is 7.01. The molecule has 3 rings (SSSR count). The number of fused-ring (bicyclic) bond motifs is 3. The van der Waals surface area contributed by atoms with Crippen molar-refractivity contribution in [3.63, 3.8) is 0 Å². The van der Waals surface area contributed by atoms with E-state index in [0.29, 0.717) is 5.69 Å². The van der Waals surface area contributed by atoms with Gasteiger partial charge < -0.3 is 4.74 Å². The van der Waals surface area contributed by atoms with Gasteiger partial charge in [-0.3, -0.25) is 9.20 Å². The second-order valence-corrected chi connectivity index (χ2v) is 4.16. The van der Waals surface area contributed by atoms with Crippen LogP contribution in [0.4, 0.5) is 0 Å². The van der Waals surface area contributed by atoms with E-state index in [1.54, 1.807) is 20.2 Å². The van der Waals surface area contributed by atoms with E-state index in [0.717, 1.165) is 22.2 Å². The smallest absolute Gasteiger partial charge is 0.178 e. The van der Waals surface area contributed by atoms with E-state index in [1.165, 1.54) is 0 Å². The van der Waals surface area contributed by atoms with Gasteiger partial charge >= 0.3 is 0 Å². The molecule has 1 aromatic carbocycles. The molecule has 3 aromatic rings. The molecule has 4 heteroatoms. The third-order valence-electron chi connectivity index (χ3n) is 3.06. The standard InChI is InChI=1S/C14H12N2O2/c1-9(17)13-8-15-14-12-4-3-11(18-2)7-10(12)5-6-16(13)14/h3-8H,1-2H3. The zero-order chi connectivity index (χ0) is 12.7. The summed E-state index contributed by atoms with van der Waals surface area (Å²) in [5.74, 6) is 0.820. The van der Waals surface area contributed by atoms with E-state index >= 15 is 0 Å². The van der Waals surface area contributed by atoms with Crippen LogP contribution >= 0.6 is 0 Å². The molecular weight excluding hydrogens is 228 g/mol. The third-order valence-corrected chi connectivity index (χ3v) is 3.06. The van der Waals surface area contributed by atoms with Gasteiger partial charge in [-0.05, 0) is 29.7 Å². The first-order valence-corrected chi connectivity index (χ1v) is 5.65. The van der Waals surface area contributed by atoms with E-state index in [4.69, 9.17) is 4.74 Å². The van der Waals surface area contributed by atoms with Crippen molar-refractivity contribution in [1.82, 2.24) is 9.38 Å². The third kappa shape index (κ3) is 1.46. The molecule has 90 valence electrons. The molecule has 0 aliphatic rings. The van der Waals surface area contributed by atoms with Crippen LogP contribution in [0.15, 0.2) is 36.7 Å². The SMILES string of the molecule is COc1ccc2c(ccn3c(C(C)=O)cnc23)c1. The summed E-state index contributed by atoms with van der Waals surface area (Å²) in [6.45, 7) is 1.54. The number of rotatable bonds is 2. The summed E-state index contributed by atoms with van der Waals surface area (Å²) in [5.41, 5.74) is 1.39. The largest absolute Gasteiger partial charge is 0.497 e. The fourth-order valence-electron chi connectivity index (χ4n) is 2.14. The van der Waals surface area contributed by atoms with Crippen LogP contribution in [0, 0.1) is 0 Å². The van der Waals surface area contributed by atoms with Crippen molar-refractivity contribution < 1.29 is 9.53 Å². The van der Waals surface area contributed by atoms with Crippen molar-refractivity contribution in [1.29, 1.82) is 0 Å². The first kappa shape index (κ1) is 10.8. The van der Waals surface area contributed by atoms with E-state index in [2.05, 4.69) is 4.98 Å². The first-order valence-electron chi connectivity index (χ1n) is 5.65. The zero-order valence-corrected chi connectivity index (χ0v) is 10.2. The fraction of sp³-hybridized carbons (Fsp3) is 0.143. The lowest BCUT2D eigenvalue weighted by Gasteiger charge is -2.04. The highest BCUT2D eigenvalue weighted by atomic mass is 16.5. The Balaban J connectivity index is 2.37. The molecule has 2 heterocycles. The number of ether oxygens (including phenoxy) is 1. The van der Waals surface area contributed by atoms with Crippen molar-refractivity contribution in [3.05, 3.63) is 42.4 Å². The number of hydrogen-bond donors (Lipinski definition) is 0. The Labute approximate surface area is 104 Å². The molecular formula is C14H12N2O2. The summed E-state index contributed by atoms with van der Waals surface area (Å²) in [7, 11) is 1.64. The number of carbonyl (C=O) groups excluding carboxylic acids is 1. The van der Waals surface area contributed by atoms with Crippen LogP contribution in [0.25, 0.3) is 16.4 Å². The molecule has 18 heavy (non-hydrogen) atoms. The van der Waals surface area contributed by atoms with Gasteiger partial charge in [0.2, 0.25) is 0 Å². The number of benzene rings is 1. The quantitative estimate of drug-likeness (QED) is 0.647. The second-order valence-electron chi connectivity index (χ2n) is 4.16. The summed E-state index contributed by atoms with van der Waals surface area (Å²) in [4.78, 5) is 15.8. The minimum Gasteiger partial charge on any atom is -0.497 e. The summed E-state index contributed by atoms with van der Waals surface area (Å²) in [5, 5.41) is 2.05. The molecule has 0 atom stereocenters. The highest BCUT2D eigenvalue weighted by Crippen LogP contribution is 2.24. The Morgan fingerprint density at radius 3 is 2.89 bits per heavy atom. The van der Waals surface area contributed by atoms with Crippen molar-refractivity contribution in [2.45, 2.75) is 6.92 Å². The minimum absolute atomic E-state index is 0.00959. The lowest BCUT2D eigenvalue weighted by atomic mass is 10.1. The number of Topliss-reactive ketones (excluding diaryl/α,β-unsaturated/α-hetero) is 1. The van der Waals surface area contributed by atoms with Crippen LogP contribution in [0.2, 0.25) is 0 Å². The van der Waals surface area contributed by atoms with Gasteiger partial charge in [-0.15, -0.1) is 0 Å². The first-order chi connectivity index (χ1) is 8.70. The van der Waals surface area contributed by atoms with Gasteiger partial charge in [-0.25, -0.2) is 4.98 Å². The molecule has 0 N–H and O–H groups in total. The molecule has 0 amide bonds. The normalized spacial score (nSPS) is 11.0. The maximum atomic E-state index is 11.5. The van der Waals surface area contributed by atoms with Crippen LogP contribution in [0.5, 0.6) is 5.75 Å². The molecule has 0 saturated carbocycles. The van der Waals surface area contributed by atoms with Crippen molar-refractivity contribution in [3.8, 4) is 5.75 Å². The monoisotopic (exact) mass is 240 g/mol. The van der Waals surface area contributed by atoms with Gasteiger partial charge in [0.1, 0.15) is 17.1 Å². The highest BCUT2D eigenvalue weighted by Gasteiger charge is 2.10. The van der Waals surface area contributed by atoms with E-state index in [-0.39, 0.29) is 5.78 Å². The van der Waals surface area contributed by atoms with Crippen LogP contribution in [-0.4, -0.2) is 22.3 Å². The number of ketones is 1. The van der Waals surface area contributed by atoms with Crippen molar-refractivity contribution in [2.24, 2.45) is 0 Å². The molecule has 0 fully saturated rings. The predicted molar refractivity (Wildman–Crippen MR) is 69.3 cm³/mol. The van der Waals surface area contributed by atoms with Gasteiger partial charge in [0.15, 0.2) is 5.78 Å². The maximum Gasteiger partial charge on any atom is 0.178 e. The van der Waals surface area contributed by atoms with Crippen LogP contribution < -0.4 is 4.74 Å². The minimum atomic E-state index is 0.00959. The molecule has 0 unspecified atom stereocenters. The van der Waals surface area contributed by atoms with Gasteiger partial charge in [-0.2, -0.15) is 0 Å². The Kier molecular flexibility index (Phi) is 2.30. The molecule has 0 saturated heterocycles. The summed E-state index contributed by atoms with van der Waals surface area (Å²) in [6.07, 6.45) is 3.47. The Hall–Kier alpha value is -2.36. The van der Waals surface area contributed by atoms with Gasteiger partial charge in [0.25, 0.3) is 0 Å². The van der Waals surface area contributed by atoms with E-state index in [9.17, 15) is 4.79 Å². The molecule has 0 aliphatic carbocycles. The van der Waals surface area contributed by atoms with E-state index < -0.39 is 0 Å². The Morgan fingerprint density at radius 2 is 2.17 bits per heavy atom. The van der Waals surface area contributed by atoms with Crippen molar-refractivity contribution >= 4 is 22.2 Å². The lowest BCUT2D eigenvalue weighted by Crippen LogP contribution is -1.98. The van der Waals surface area contributed by atoms with Gasteiger partial charge in [0.05, 0.1) is 13.3 Å². The fourth-order valence-corrected chi connectivity index (χ4v) is 2.14. The molecule has 2 aromatic heterocycles. The number of methoxy groups -OCH3 is 1. The molecule has 4 nitrogen and oxygen atoms in total. The van der Waals surface area contributed by atoms with Gasteiger partial charge in [0, 0.05) is 18.5 Å². The number of hydrogen-bond acceptors (Lipinski definition) is 3. The Bertz CT molecular complexity index is 759. The lowest BCUT2D eigenvalue weighted by molar-refractivity contribution is 0.101. The van der Waals surface area contributed by atoms with Gasteiger partial charge in [-0.1, -0.05) is 0 Å². The predicted octanol–water partition coefficient (Wildman–Crippen LogP) is 2.70. The molecule has 0 spiro atoms. The zero-order valence-electron chi connectivity index (χ0n) is 10.2. The topological polar surface area (TPSA) is 43.6 Å². The summed E-state index contributed by atoms with van der Waals surface area (Å²) in [6, 6.07) is 7.77. The number of pyridine rings is 1. The highest BCUT2D eigenvalue weighted by molar-refractivity contribution is 5.98. The Morgan fingerprint density at radius 1 is 1.33 bits per heavy atom. The number of nitrogens with zero attached hydrogens (tertiary/aromatic N) is 2. The molecule has 0 radical (unpaired) electrons. The van der Waals surface area contributed by atoms with Crippen molar-refractivity contribution in [2.75, 3.05) is 7.11 Å². The number of imidazole rings is 1. The second kappa shape index (κ2) is 3.84. The molecule has 0 aliphatic heterocycles. The molecule has 0 bridgehead atoms. The van der Waals surface area contributed by atoms with E-state index in [1.807, 2.05) is 34.9 Å². The maximum absolute atomic E-state index is 11.5. The average molecular weight is 240 g/mol. The summed E-state index contributed by atoms with van der Waals surface area (Å²) >= 11 is 0. The number of aromatic nitrogens is 2.